The molecule has 0 aliphatic rings. The van der Waals surface area contributed by atoms with Gasteiger partial charge in [-0.15, -0.1) is 10.2 Å². The molecule has 16 heavy (non-hydrogen) atoms. The van der Waals surface area contributed by atoms with Crippen LogP contribution in [0.4, 0.5) is 0 Å². The van der Waals surface area contributed by atoms with Gasteiger partial charge in [0, 0.05) is 5.92 Å². The molecule has 0 bridgehead atoms. The van der Waals surface area contributed by atoms with Gasteiger partial charge in [-0.3, -0.25) is 0 Å². The summed E-state index contributed by atoms with van der Waals surface area (Å²) >= 11 is 0. The van der Waals surface area contributed by atoms with Crippen molar-refractivity contribution in [3.05, 3.63) is 11.8 Å². The molecule has 1 aromatic rings. The largest absolute Gasteiger partial charge is 0.480 e. The quantitative estimate of drug-likeness (QED) is 0.762. The molecule has 0 spiro atoms. The Bertz CT molecular complexity index is 333. The summed E-state index contributed by atoms with van der Waals surface area (Å²) in [5.74, 6) is 0.169. The van der Waals surface area contributed by atoms with Crippen LogP contribution in [0.25, 0.3) is 0 Å². The smallest absolute Gasteiger partial charge is 0.329 e. The van der Waals surface area contributed by atoms with E-state index < -0.39 is 5.97 Å². The van der Waals surface area contributed by atoms with Gasteiger partial charge in [0.25, 0.3) is 0 Å². The minimum Gasteiger partial charge on any atom is -0.480 e. The first-order chi connectivity index (χ1) is 7.67. The maximum atomic E-state index is 10.2. The number of carbonyl (C=O) groups is 1. The highest BCUT2D eigenvalue weighted by Crippen LogP contribution is 2.21. The molecular weight excluding hydrogens is 212 g/mol. The molecule has 0 radical (unpaired) electrons. The number of hydrogen-bond acceptors (Lipinski definition) is 5. The highest BCUT2D eigenvalue weighted by atomic mass is 16.5. The van der Waals surface area contributed by atoms with Crippen molar-refractivity contribution in [2.24, 2.45) is 0 Å². The number of ether oxygens (including phenoxy) is 1. The van der Waals surface area contributed by atoms with Crippen molar-refractivity contribution in [2.75, 3.05) is 6.61 Å². The van der Waals surface area contributed by atoms with Gasteiger partial charge in [-0.2, -0.15) is 0 Å². The van der Waals surface area contributed by atoms with E-state index in [9.17, 15) is 4.79 Å². The average molecular weight is 228 g/mol. The van der Waals surface area contributed by atoms with E-state index >= 15 is 0 Å². The third-order valence-corrected chi connectivity index (χ3v) is 2.27. The zero-order valence-electron chi connectivity index (χ0n) is 9.47. The lowest BCUT2D eigenvalue weighted by molar-refractivity contribution is -0.142. The normalized spacial score (nSPS) is 10.9. The Labute approximate surface area is 93.6 Å². The lowest BCUT2D eigenvalue weighted by Gasteiger charge is -2.04. The number of nitrogens with zero attached hydrogens (tertiary/aromatic N) is 2. The van der Waals surface area contributed by atoms with Crippen molar-refractivity contribution < 1.29 is 19.1 Å². The van der Waals surface area contributed by atoms with Gasteiger partial charge >= 0.3 is 5.97 Å². The van der Waals surface area contributed by atoms with E-state index in [1.807, 2.05) is 0 Å². The van der Waals surface area contributed by atoms with Crippen LogP contribution >= 0.6 is 0 Å². The Morgan fingerprint density at radius 1 is 1.44 bits per heavy atom. The lowest BCUT2D eigenvalue weighted by Crippen LogP contribution is -2.06. The number of carboxylic acid groups (broad SMARTS) is 1. The van der Waals surface area contributed by atoms with Crippen LogP contribution in [-0.2, 0) is 16.1 Å². The molecule has 0 unspecified atom stereocenters. The minimum atomic E-state index is -1.01. The monoisotopic (exact) mass is 228 g/mol. The average Bonchev–Trinajstić information content (AvgIpc) is 2.68. The van der Waals surface area contributed by atoms with E-state index in [0.29, 0.717) is 11.8 Å². The highest BCUT2D eigenvalue weighted by Gasteiger charge is 2.15. The molecule has 0 aliphatic heterocycles. The molecule has 1 rings (SSSR count). The molecule has 0 saturated carbocycles. The summed E-state index contributed by atoms with van der Waals surface area (Å²) in [6.07, 6.45) is 1.88. The summed E-state index contributed by atoms with van der Waals surface area (Å²) in [5.41, 5.74) is 0. The van der Waals surface area contributed by atoms with E-state index in [-0.39, 0.29) is 19.1 Å². The zero-order valence-corrected chi connectivity index (χ0v) is 9.47. The number of aromatic nitrogens is 2. The van der Waals surface area contributed by atoms with Crippen LogP contribution in [0.1, 0.15) is 44.4 Å². The number of carboxylic acids is 1. The minimum absolute atomic E-state index is 0.0411. The fraction of sp³-hybridized carbons (Fsp3) is 0.700. The Morgan fingerprint density at radius 3 is 2.69 bits per heavy atom. The standard InChI is InChI=1S/C10H16N2O4/c1-3-7(4-2)10-12-11-8(16-10)5-15-6-9(13)14/h7H,3-6H2,1-2H3,(H,13,14). The SMILES string of the molecule is CCC(CC)c1nnc(COCC(=O)O)o1. The van der Waals surface area contributed by atoms with Gasteiger partial charge in [-0.1, -0.05) is 13.8 Å². The van der Waals surface area contributed by atoms with E-state index in [1.54, 1.807) is 0 Å². The van der Waals surface area contributed by atoms with Gasteiger partial charge < -0.3 is 14.3 Å². The first-order valence-electron chi connectivity index (χ1n) is 5.29. The van der Waals surface area contributed by atoms with Crippen LogP contribution in [0.15, 0.2) is 4.42 Å². The van der Waals surface area contributed by atoms with E-state index in [4.69, 9.17) is 14.3 Å². The van der Waals surface area contributed by atoms with Gasteiger partial charge in [0.2, 0.25) is 11.8 Å². The summed E-state index contributed by atoms with van der Waals surface area (Å²) in [7, 11) is 0. The van der Waals surface area contributed by atoms with Crippen molar-refractivity contribution >= 4 is 5.97 Å². The molecule has 6 nitrogen and oxygen atoms in total. The number of hydrogen-bond donors (Lipinski definition) is 1. The van der Waals surface area contributed by atoms with Crippen molar-refractivity contribution in [1.82, 2.24) is 10.2 Å². The maximum Gasteiger partial charge on any atom is 0.329 e. The van der Waals surface area contributed by atoms with Gasteiger partial charge in [0.05, 0.1) is 0 Å². The molecule has 0 amide bonds. The second-order valence-electron chi connectivity index (χ2n) is 3.43. The van der Waals surface area contributed by atoms with Crippen LogP contribution in [0.2, 0.25) is 0 Å². The Kier molecular flexibility index (Phi) is 4.91. The van der Waals surface area contributed by atoms with Crippen molar-refractivity contribution in [2.45, 2.75) is 39.2 Å². The van der Waals surface area contributed by atoms with Crippen LogP contribution in [-0.4, -0.2) is 27.9 Å². The molecule has 1 N–H and O–H groups in total. The molecular formula is C10H16N2O4. The van der Waals surface area contributed by atoms with Crippen LogP contribution in [0.3, 0.4) is 0 Å². The molecule has 0 aromatic carbocycles. The first-order valence-corrected chi connectivity index (χ1v) is 5.29. The second kappa shape index (κ2) is 6.22. The fourth-order valence-corrected chi connectivity index (χ4v) is 1.35. The summed E-state index contributed by atoms with van der Waals surface area (Å²) in [6.45, 7) is 3.79. The van der Waals surface area contributed by atoms with Crippen LogP contribution in [0.5, 0.6) is 0 Å². The summed E-state index contributed by atoms with van der Waals surface area (Å²) in [6, 6.07) is 0. The molecule has 0 saturated heterocycles. The Hall–Kier alpha value is -1.43. The van der Waals surface area contributed by atoms with Crippen molar-refractivity contribution in [3.8, 4) is 0 Å². The molecule has 0 fully saturated rings. The summed E-state index contributed by atoms with van der Waals surface area (Å²) in [4.78, 5) is 10.2. The van der Waals surface area contributed by atoms with Crippen molar-refractivity contribution in [3.63, 3.8) is 0 Å². The molecule has 0 atom stereocenters. The van der Waals surface area contributed by atoms with Gasteiger partial charge in [0.1, 0.15) is 13.2 Å². The predicted molar refractivity (Wildman–Crippen MR) is 54.9 cm³/mol. The highest BCUT2D eigenvalue weighted by molar-refractivity contribution is 5.67. The maximum absolute atomic E-state index is 10.2. The zero-order chi connectivity index (χ0) is 12.0. The van der Waals surface area contributed by atoms with E-state index in [0.717, 1.165) is 12.8 Å². The number of aliphatic carboxylic acids is 1. The Morgan fingerprint density at radius 2 is 2.12 bits per heavy atom. The summed E-state index contributed by atoms with van der Waals surface area (Å²) < 4.78 is 10.2. The Balaban J connectivity index is 2.47. The molecule has 1 aromatic heterocycles. The summed E-state index contributed by atoms with van der Waals surface area (Å²) in [5, 5.41) is 16.1. The third-order valence-electron chi connectivity index (χ3n) is 2.27. The van der Waals surface area contributed by atoms with Gasteiger partial charge in [0.15, 0.2) is 0 Å². The predicted octanol–water partition coefficient (Wildman–Crippen LogP) is 1.57. The van der Waals surface area contributed by atoms with Gasteiger partial charge in [-0.25, -0.2) is 4.79 Å². The molecule has 0 aliphatic carbocycles. The van der Waals surface area contributed by atoms with Gasteiger partial charge in [-0.05, 0) is 12.8 Å². The fourth-order valence-electron chi connectivity index (χ4n) is 1.35. The molecule has 1 heterocycles. The third kappa shape index (κ3) is 3.62. The van der Waals surface area contributed by atoms with Crippen LogP contribution in [0, 0.1) is 0 Å². The molecule has 90 valence electrons. The number of rotatable bonds is 7. The van der Waals surface area contributed by atoms with E-state index in [1.165, 1.54) is 0 Å². The molecule has 6 heteroatoms. The van der Waals surface area contributed by atoms with E-state index in [2.05, 4.69) is 24.0 Å². The topological polar surface area (TPSA) is 85.5 Å². The second-order valence-corrected chi connectivity index (χ2v) is 3.43. The first kappa shape index (κ1) is 12.6. The van der Waals surface area contributed by atoms with Crippen LogP contribution < -0.4 is 0 Å². The lowest BCUT2D eigenvalue weighted by atomic mass is 10.0. The van der Waals surface area contributed by atoms with Crippen molar-refractivity contribution in [1.29, 1.82) is 0 Å².